The van der Waals surface area contributed by atoms with Crippen LogP contribution in [0.1, 0.15) is 25.8 Å². The monoisotopic (exact) mass is 446 g/mol. The zero-order valence-electron chi connectivity index (χ0n) is 18.2. The largest absolute Gasteiger partial charge is 0.448 e. The number of ether oxygens (including phenoxy) is 1. The van der Waals surface area contributed by atoms with E-state index in [-0.39, 0.29) is 23.6 Å². The molecule has 1 aromatic carbocycles. The number of hydrogen-bond acceptors (Lipinski definition) is 7. The first-order valence-corrected chi connectivity index (χ1v) is 12.2. The number of benzene rings is 1. The quantitative estimate of drug-likeness (QED) is 0.633. The summed E-state index contributed by atoms with van der Waals surface area (Å²) in [7, 11) is -3.62. The highest BCUT2D eigenvalue weighted by molar-refractivity contribution is 7.91. The van der Waals surface area contributed by atoms with Crippen molar-refractivity contribution in [3.8, 4) is 0 Å². The molecule has 31 heavy (non-hydrogen) atoms. The molecule has 1 unspecified atom stereocenters. The Balaban J connectivity index is 1.72. The highest BCUT2D eigenvalue weighted by Crippen LogP contribution is 2.29. The number of sulfone groups is 1. The first-order valence-electron chi connectivity index (χ1n) is 10.6. The summed E-state index contributed by atoms with van der Waals surface area (Å²) in [6.45, 7) is 8.55. The number of pyridine rings is 1. The molecule has 1 saturated heterocycles. The van der Waals surface area contributed by atoms with E-state index in [1.807, 2.05) is 19.1 Å². The minimum Gasteiger partial charge on any atom is -0.448 e. The number of nitrogens with one attached hydrogen (secondary N) is 1. The van der Waals surface area contributed by atoms with Gasteiger partial charge in [-0.1, -0.05) is 6.07 Å². The van der Waals surface area contributed by atoms with Gasteiger partial charge < -0.3 is 9.64 Å². The molecule has 1 aromatic heterocycles. The predicted molar refractivity (Wildman–Crippen MR) is 121 cm³/mol. The van der Waals surface area contributed by atoms with Crippen LogP contribution in [-0.4, -0.2) is 57.7 Å². The van der Waals surface area contributed by atoms with Gasteiger partial charge >= 0.3 is 6.09 Å². The van der Waals surface area contributed by atoms with Crippen molar-refractivity contribution in [2.75, 3.05) is 41.8 Å². The third kappa shape index (κ3) is 5.34. The lowest BCUT2D eigenvalue weighted by atomic mass is 10.1. The van der Waals surface area contributed by atoms with Crippen molar-refractivity contribution in [1.82, 2.24) is 10.3 Å². The molecule has 1 aliphatic heterocycles. The molecule has 0 bridgehead atoms. The Hall–Kier alpha value is -2.65. The van der Waals surface area contributed by atoms with Gasteiger partial charge in [0.2, 0.25) is 0 Å². The van der Waals surface area contributed by atoms with Crippen LogP contribution in [0.3, 0.4) is 0 Å². The number of nitrogens with zero attached hydrogens (tertiary/aromatic N) is 3. The number of anilines is 2. The van der Waals surface area contributed by atoms with E-state index in [4.69, 9.17) is 4.74 Å². The Labute approximate surface area is 184 Å². The SMILES string of the molecule is CCN(CC)c1ccc(N(C(=O)OCCS(=O)(=O)c2ccccn2)C2CCN2)c(C)c1. The van der Waals surface area contributed by atoms with Gasteiger partial charge in [-0.25, -0.2) is 18.2 Å². The second-order valence-corrected chi connectivity index (χ2v) is 9.43. The van der Waals surface area contributed by atoms with Crippen molar-refractivity contribution in [2.24, 2.45) is 0 Å². The number of carbonyl (C=O) groups excluding carboxylic acids is 1. The van der Waals surface area contributed by atoms with E-state index in [1.165, 1.54) is 12.3 Å². The lowest BCUT2D eigenvalue weighted by molar-refractivity contribution is 0.152. The fourth-order valence-corrected chi connectivity index (χ4v) is 4.55. The third-order valence-electron chi connectivity index (χ3n) is 5.41. The van der Waals surface area contributed by atoms with Crippen LogP contribution in [0, 0.1) is 6.92 Å². The number of amides is 1. The maximum absolute atomic E-state index is 12.9. The predicted octanol–water partition coefficient (Wildman–Crippen LogP) is 2.97. The summed E-state index contributed by atoms with van der Waals surface area (Å²) in [5, 5.41) is 3.21. The summed E-state index contributed by atoms with van der Waals surface area (Å²) in [6.07, 6.45) is 1.50. The van der Waals surface area contributed by atoms with Crippen LogP contribution in [-0.2, 0) is 14.6 Å². The molecule has 1 amide bonds. The minimum atomic E-state index is -3.62. The minimum absolute atomic E-state index is 0.0219. The molecule has 1 atom stereocenters. The molecule has 0 spiro atoms. The molecule has 1 N–H and O–H groups in total. The van der Waals surface area contributed by atoms with Gasteiger partial charge in [0, 0.05) is 31.5 Å². The summed E-state index contributed by atoms with van der Waals surface area (Å²) >= 11 is 0. The number of hydrogen-bond donors (Lipinski definition) is 1. The highest BCUT2D eigenvalue weighted by atomic mass is 32.2. The number of aromatic nitrogens is 1. The maximum Gasteiger partial charge on any atom is 0.415 e. The third-order valence-corrected chi connectivity index (χ3v) is 6.99. The molecular weight excluding hydrogens is 416 g/mol. The van der Waals surface area contributed by atoms with Crippen LogP contribution >= 0.6 is 0 Å². The van der Waals surface area contributed by atoms with Gasteiger partial charge in [0.05, 0.1) is 17.6 Å². The van der Waals surface area contributed by atoms with Crippen molar-refractivity contribution < 1.29 is 17.9 Å². The summed E-state index contributed by atoms with van der Waals surface area (Å²) < 4.78 is 30.1. The van der Waals surface area contributed by atoms with Crippen molar-refractivity contribution >= 4 is 27.3 Å². The van der Waals surface area contributed by atoms with E-state index in [0.717, 1.165) is 43.0 Å². The Morgan fingerprint density at radius 1 is 1.23 bits per heavy atom. The van der Waals surface area contributed by atoms with E-state index >= 15 is 0 Å². The van der Waals surface area contributed by atoms with Gasteiger partial charge in [-0.2, -0.15) is 0 Å². The first-order chi connectivity index (χ1) is 14.9. The van der Waals surface area contributed by atoms with Crippen molar-refractivity contribution in [1.29, 1.82) is 0 Å². The molecule has 3 rings (SSSR count). The molecule has 8 nitrogen and oxygen atoms in total. The molecule has 0 radical (unpaired) electrons. The maximum atomic E-state index is 12.9. The van der Waals surface area contributed by atoms with Crippen LogP contribution in [0.15, 0.2) is 47.6 Å². The van der Waals surface area contributed by atoms with Gasteiger partial charge in [0.1, 0.15) is 6.61 Å². The lowest BCUT2D eigenvalue weighted by Gasteiger charge is -2.38. The topological polar surface area (TPSA) is 91.8 Å². The van der Waals surface area contributed by atoms with Crippen LogP contribution in [0.5, 0.6) is 0 Å². The van der Waals surface area contributed by atoms with Crippen LogP contribution < -0.4 is 15.1 Å². The van der Waals surface area contributed by atoms with E-state index in [0.29, 0.717) is 0 Å². The molecule has 0 aliphatic carbocycles. The number of rotatable bonds is 9. The molecular formula is C22H30N4O4S. The van der Waals surface area contributed by atoms with Gasteiger partial charge in [-0.05, 0) is 63.1 Å². The summed E-state index contributed by atoms with van der Waals surface area (Å²) in [4.78, 5) is 20.6. The first kappa shape index (κ1) is 23.0. The van der Waals surface area contributed by atoms with Crippen molar-refractivity contribution in [3.63, 3.8) is 0 Å². The molecule has 168 valence electrons. The molecule has 2 aromatic rings. The normalized spacial score (nSPS) is 15.8. The number of carbonyl (C=O) groups is 1. The Morgan fingerprint density at radius 3 is 2.52 bits per heavy atom. The van der Waals surface area contributed by atoms with Crippen LogP contribution in [0.4, 0.5) is 16.2 Å². The standard InChI is InChI=1S/C22H30N4O4S/c1-4-25(5-2)18-9-10-19(17(3)16-18)26(20-11-13-23-20)22(27)30-14-15-31(28,29)21-8-6-7-12-24-21/h6-10,12,16,20,23H,4-5,11,13-15H2,1-3H3. The zero-order valence-corrected chi connectivity index (χ0v) is 19.1. The van der Waals surface area contributed by atoms with E-state index < -0.39 is 15.9 Å². The molecule has 1 fully saturated rings. The molecule has 9 heteroatoms. The van der Waals surface area contributed by atoms with E-state index in [2.05, 4.69) is 35.1 Å². The summed E-state index contributed by atoms with van der Waals surface area (Å²) in [6, 6.07) is 10.7. The number of aryl methyl sites for hydroxylation is 1. The van der Waals surface area contributed by atoms with E-state index in [1.54, 1.807) is 17.0 Å². The fraction of sp³-hybridized carbons (Fsp3) is 0.455. The molecule has 1 aliphatic rings. The average Bonchev–Trinajstić information content (AvgIpc) is 2.72. The van der Waals surface area contributed by atoms with Gasteiger partial charge in [0.25, 0.3) is 0 Å². The Kier molecular flexibility index (Phi) is 7.50. The Bertz CT molecular complexity index is 990. The molecule has 2 heterocycles. The van der Waals surface area contributed by atoms with Crippen molar-refractivity contribution in [2.45, 2.75) is 38.4 Å². The smallest absolute Gasteiger partial charge is 0.415 e. The second-order valence-electron chi connectivity index (χ2n) is 7.37. The molecule has 0 saturated carbocycles. The van der Waals surface area contributed by atoms with Gasteiger partial charge in [0.15, 0.2) is 14.9 Å². The van der Waals surface area contributed by atoms with Crippen LogP contribution in [0.2, 0.25) is 0 Å². The summed E-state index contributed by atoms with van der Waals surface area (Å²) in [5.74, 6) is -0.318. The van der Waals surface area contributed by atoms with Gasteiger partial charge in [-0.3, -0.25) is 10.2 Å². The van der Waals surface area contributed by atoms with Crippen LogP contribution in [0.25, 0.3) is 0 Å². The van der Waals surface area contributed by atoms with E-state index in [9.17, 15) is 13.2 Å². The average molecular weight is 447 g/mol. The van der Waals surface area contributed by atoms with Gasteiger partial charge in [-0.15, -0.1) is 0 Å². The zero-order chi connectivity index (χ0) is 22.4. The second kappa shape index (κ2) is 10.1. The lowest BCUT2D eigenvalue weighted by Crippen LogP contribution is -2.57. The van der Waals surface area contributed by atoms with Crippen molar-refractivity contribution in [3.05, 3.63) is 48.2 Å². The Morgan fingerprint density at radius 2 is 1.97 bits per heavy atom. The summed E-state index contributed by atoms with van der Waals surface area (Å²) in [5.41, 5.74) is 2.81. The highest BCUT2D eigenvalue weighted by Gasteiger charge is 2.32. The fourth-order valence-electron chi connectivity index (χ4n) is 3.53.